The molecule has 0 spiro atoms. The predicted molar refractivity (Wildman–Crippen MR) is 121 cm³/mol. The molecule has 146 valence electrons. The zero-order chi connectivity index (χ0) is 20.4. The van der Waals surface area contributed by atoms with Crippen molar-refractivity contribution in [2.75, 3.05) is 37.0 Å². The molecule has 1 saturated heterocycles. The summed E-state index contributed by atoms with van der Waals surface area (Å²) in [4.78, 5) is 9.21. The van der Waals surface area contributed by atoms with Gasteiger partial charge in [0.05, 0.1) is 5.69 Å². The highest BCUT2D eigenvalue weighted by Crippen LogP contribution is 2.35. The van der Waals surface area contributed by atoms with Gasteiger partial charge in [-0.05, 0) is 48.7 Å². The van der Waals surface area contributed by atoms with Crippen molar-refractivity contribution in [1.29, 1.82) is 5.26 Å². The Hall–Kier alpha value is -3.03. The Morgan fingerprint density at radius 3 is 2.17 bits per heavy atom. The van der Waals surface area contributed by atoms with Crippen LogP contribution < -0.4 is 9.80 Å². The van der Waals surface area contributed by atoms with Gasteiger partial charge in [0.2, 0.25) is 0 Å². The normalized spacial score (nSPS) is 13.4. The first-order valence-electron chi connectivity index (χ1n) is 9.80. The van der Waals surface area contributed by atoms with Gasteiger partial charge in [-0.15, -0.1) is 0 Å². The Morgan fingerprint density at radius 1 is 0.966 bits per heavy atom. The van der Waals surface area contributed by atoms with Crippen molar-refractivity contribution in [2.45, 2.75) is 12.8 Å². The summed E-state index contributed by atoms with van der Waals surface area (Å²) in [5.41, 5.74) is 5.55. The van der Waals surface area contributed by atoms with E-state index in [0.717, 1.165) is 59.8 Å². The summed E-state index contributed by atoms with van der Waals surface area (Å²) in [6, 6.07) is 20.5. The van der Waals surface area contributed by atoms with Gasteiger partial charge in [0.15, 0.2) is 0 Å². The number of nitriles is 1. The predicted octanol–water partition coefficient (Wildman–Crippen LogP) is 5.61. The van der Waals surface area contributed by atoms with Crippen LogP contribution in [-0.4, -0.2) is 32.2 Å². The van der Waals surface area contributed by atoms with Crippen LogP contribution in [0.4, 0.5) is 11.5 Å². The number of benzene rings is 2. The van der Waals surface area contributed by atoms with E-state index >= 15 is 0 Å². The molecule has 0 radical (unpaired) electrons. The maximum Gasteiger partial charge on any atom is 0.147 e. The lowest BCUT2D eigenvalue weighted by Crippen LogP contribution is -2.21. The maximum atomic E-state index is 10.0. The van der Waals surface area contributed by atoms with Crippen molar-refractivity contribution >= 4 is 23.1 Å². The van der Waals surface area contributed by atoms with Gasteiger partial charge in [-0.2, -0.15) is 5.26 Å². The summed E-state index contributed by atoms with van der Waals surface area (Å²) >= 11 is 6.07. The number of halogens is 1. The molecule has 0 bridgehead atoms. The van der Waals surface area contributed by atoms with Gasteiger partial charge >= 0.3 is 0 Å². The maximum absolute atomic E-state index is 10.0. The number of hydrogen-bond donors (Lipinski definition) is 0. The van der Waals surface area contributed by atoms with Gasteiger partial charge in [-0.1, -0.05) is 35.9 Å². The molecule has 1 aliphatic rings. The third kappa shape index (κ3) is 3.92. The average molecular weight is 403 g/mol. The topological polar surface area (TPSA) is 43.2 Å². The zero-order valence-electron chi connectivity index (χ0n) is 16.7. The largest absolute Gasteiger partial charge is 0.378 e. The Balaban J connectivity index is 1.90. The Kier molecular flexibility index (Phi) is 5.42. The highest BCUT2D eigenvalue weighted by molar-refractivity contribution is 6.30. The Bertz CT molecular complexity index is 1040. The van der Waals surface area contributed by atoms with Gasteiger partial charge in [0, 0.05) is 49.0 Å². The molecular formula is C24H23ClN4. The van der Waals surface area contributed by atoms with Gasteiger partial charge in [0.1, 0.15) is 17.5 Å². The van der Waals surface area contributed by atoms with Gasteiger partial charge in [-0.3, -0.25) is 0 Å². The van der Waals surface area contributed by atoms with Crippen LogP contribution in [0.3, 0.4) is 0 Å². The number of anilines is 2. The van der Waals surface area contributed by atoms with Crippen molar-refractivity contribution in [3.63, 3.8) is 0 Å². The second-order valence-corrected chi connectivity index (χ2v) is 7.94. The van der Waals surface area contributed by atoms with E-state index in [2.05, 4.69) is 40.1 Å². The fraction of sp³-hybridized carbons (Fsp3) is 0.250. The molecule has 0 N–H and O–H groups in total. The van der Waals surface area contributed by atoms with Crippen molar-refractivity contribution < 1.29 is 0 Å². The zero-order valence-corrected chi connectivity index (χ0v) is 17.4. The molecular weight excluding hydrogens is 380 g/mol. The van der Waals surface area contributed by atoms with E-state index in [4.69, 9.17) is 16.6 Å². The average Bonchev–Trinajstić information content (AvgIpc) is 3.28. The van der Waals surface area contributed by atoms with Crippen molar-refractivity contribution in [1.82, 2.24) is 4.98 Å². The minimum atomic E-state index is 0.641. The molecule has 0 atom stereocenters. The molecule has 3 aromatic rings. The third-order valence-corrected chi connectivity index (χ3v) is 5.60. The third-order valence-electron chi connectivity index (χ3n) is 5.35. The van der Waals surface area contributed by atoms with Crippen LogP contribution in [0.25, 0.3) is 22.4 Å². The molecule has 1 fully saturated rings. The van der Waals surface area contributed by atoms with Gasteiger partial charge < -0.3 is 9.80 Å². The summed E-state index contributed by atoms with van der Waals surface area (Å²) in [5.74, 6) is 0.782. The lowest BCUT2D eigenvalue weighted by Gasteiger charge is -2.21. The monoisotopic (exact) mass is 402 g/mol. The second-order valence-electron chi connectivity index (χ2n) is 7.51. The first-order chi connectivity index (χ1) is 14.1. The fourth-order valence-corrected chi connectivity index (χ4v) is 3.86. The van der Waals surface area contributed by atoms with E-state index in [9.17, 15) is 5.26 Å². The van der Waals surface area contributed by atoms with Crippen LogP contribution >= 0.6 is 11.6 Å². The quantitative estimate of drug-likeness (QED) is 0.569. The molecule has 29 heavy (non-hydrogen) atoms. The number of rotatable bonds is 4. The van der Waals surface area contributed by atoms with Gasteiger partial charge in [0.25, 0.3) is 0 Å². The smallest absolute Gasteiger partial charge is 0.147 e. The molecule has 5 heteroatoms. The molecule has 0 amide bonds. The highest BCUT2D eigenvalue weighted by Gasteiger charge is 2.22. The van der Waals surface area contributed by atoms with E-state index in [1.165, 1.54) is 0 Å². The molecule has 1 aliphatic heterocycles. The number of hydrogen-bond acceptors (Lipinski definition) is 4. The summed E-state index contributed by atoms with van der Waals surface area (Å²) in [6.45, 7) is 1.87. The van der Waals surface area contributed by atoms with Crippen molar-refractivity contribution in [3.8, 4) is 28.5 Å². The summed E-state index contributed by atoms with van der Waals surface area (Å²) in [6.07, 6.45) is 2.26. The number of nitrogens with zero attached hydrogens (tertiary/aromatic N) is 4. The lowest BCUT2D eigenvalue weighted by atomic mass is 9.97. The molecule has 4 nitrogen and oxygen atoms in total. The van der Waals surface area contributed by atoms with E-state index in [1.54, 1.807) is 0 Å². The molecule has 2 aromatic carbocycles. The van der Waals surface area contributed by atoms with E-state index in [-0.39, 0.29) is 0 Å². The summed E-state index contributed by atoms with van der Waals surface area (Å²) < 4.78 is 0. The van der Waals surface area contributed by atoms with Crippen LogP contribution in [0.15, 0.2) is 54.6 Å². The molecule has 0 aliphatic carbocycles. The summed E-state index contributed by atoms with van der Waals surface area (Å²) in [5, 5.41) is 10.7. The Labute approximate surface area is 177 Å². The molecule has 4 rings (SSSR count). The molecule has 0 unspecified atom stereocenters. The first-order valence-corrected chi connectivity index (χ1v) is 10.2. The SMILES string of the molecule is CN(C)c1ccc(-c2cc(-c3ccc(Cl)cc3)nc(N3CCCC3)c2C#N)cc1. The Morgan fingerprint density at radius 2 is 1.59 bits per heavy atom. The van der Waals surface area contributed by atoms with Crippen molar-refractivity contribution in [2.24, 2.45) is 0 Å². The van der Waals surface area contributed by atoms with Crippen LogP contribution in [0, 0.1) is 11.3 Å². The van der Waals surface area contributed by atoms with E-state index in [0.29, 0.717) is 10.6 Å². The molecule has 2 heterocycles. The van der Waals surface area contributed by atoms with Crippen molar-refractivity contribution in [3.05, 3.63) is 65.2 Å². The van der Waals surface area contributed by atoms with Crippen LogP contribution in [0.1, 0.15) is 18.4 Å². The van der Waals surface area contributed by atoms with E-state index < -0.39 is 0 Å². The molecule has 1 aromatic heterocycles. The fourth-order valence-electron chi connectivity index (χ4n) is 3.73. The second kappa shape index (κ2) is 8.14. The minimum Gasteiger partial charge on any atom is -0.378 e. The standard InChI is InChI=1S/C24H23ClN4/c1-28(2)20-11-7-17(8-12-20)21-15-23(18-5-9-19(25)10-6-18)27-24(22(21)16-26)29-13-3-4-14-29/h5-12,15H,3-4,13-14H2,1-2H3. The van der Waals surface area contributed by atoms with Crippen LogP contribution in [0.2, 0.25) is 5.02 Å². The summed E-state index contributed by atoms with van der Waals surface area (Å²) in [7, 11) is 4.04. The van der Waals surface area contributed by atoms with E-state index in [1.807, 2.05) is 44.4 Å². The number of aromatic nitrogens is 1. The lowest BCUT2D eigenvalue weighted by molar-refractivity contribution is 0.936. The first kappa shape index (κ1) is 19.3. The van der Waals surface area contributed by atoms with Crippen LogP contribution in [0.5, 0.6) is 0 Å². The number of pyridine rings is 1. The molecule has 0 saturated carbocycles. The highest BCUT2D eigenvalue weighted by atomic mass is 35.5. The van der Waals surface area contributed by atoms with Gasteiger partial charge in [-0.25, -0.2) is 4.98 Å². The minimum absolute atomic E-state index is 0.641. The van der Waals surface area contributed by atoms with Crippen LogP contribution in [-0.2, 0) is 0 Å².